The Hall–Kier alpha value is -1.43. The summed E-state index contributed by atoms with van der Waals surface area (Å²) >= 11 is 11.6. The van der Waals surface area contributed by atoms with Crippen LogP contribution in [-0.4, -0.2) is 20.5 Å². The van der Waals surface area contributed by atoms with Crippen LogP contribution in [0.5, 0.6) is 0 Å². The van der Waals surface area contributed by atoms with Crippen molar-refractivity contribution >= 4 is 29.0 Å². The SMILES string of the molecule is CCC(C)(N)CC.Cc1nc(N)cnc1-c1cnc(Cl)c(Cl)c1. The van der Waals surface area contributed by atoms with E-state index in [2.05, 4.69) is 35.7 Å². The van der Waals surface area contributed by atoms with Gasteiger partial charge >= 0.3 is 0 Å². The van der Waals surface area contributed by atoms with Crippen molar-refractivity contribution in [1.82, 2.24) is 15.0 Å². The molecule has 0 aliphatic carbocycles. The van der Waals surface area contributed by atoms with Crippen LogP contribution in [0.3, 0.4) is 0 Å². The Morgan fingerprint density at radius 3 is 2.17 bits per heavy atom. The molecule has 0 unspecified atom stereocenters. The van der Waals surface area contributed by atoms with Crippen LogP contribution in [0, 0.1) is 6.92 Å². The Morgan fingerprint density at radius 1 is 1.13 bits per heavy atom. The molecule has 0 bridgehead atoms. The molecule has 2 heterocycles. The van der Waals surface area contributed by atoms with E-state index >= 15 is 0 Å². The van der Waals surface area contributed by atoms with E-state index in [0.29, 0.717) is 16.5 Å². The number of pyridine rings is 1. The second-order valence-corrected chi connectivity index (χ2v) is 6.35. The summed E-state index contributed by atoms with van der Waals surface area (Å²) in [5.41, 5.74) is 13.5. The average Bonchev–Trinajstić information content (AvgIpc) is 2.51. The fourth-order valence-corrected chi connectivity index (χ4v) is 1.85. The Labute approximate surface area is 147 Å². The average molecular weight is 356 g/mol. The molecule has 7 heteroatoms. The van der Waals surface area contributed by atoms with E-state index in [9.17, 15) is 0 Å². The zero-order valence-corrected chi connectivity index (χ0v) is 15.4. The van der Waals surface area contributed by atoms with Crippen LogP contribution in [0.25, 0.3) is 11.3 Å². The van der Waals surface area contributed by atoms with Gasteiger partial charge in [0.15, 0.2) is 0 Å². The lowest BCUT2D eigenvalue weighted by Crippen LogP contribution is -2.33. The van der Waals surface area contributed by atoms with Crippen LogP contribution in [0.1, 0.15) is 39.3 Å². The van der Waals surface area contributed by atoms with Crippen molar-refractivity contribution in [3.8, 4) is 11.3 Å². The lowest BCUT2D eigenvalue weighted by molar-refractivity contribution is 0.437. The highest BCUT2D eigenvalue weighted by atomic mass is 35.5. The summed E-state index contributed by atoms with van der Waals surface area (Å²) in [4.78, 5) is 12.3. The maximum Gasteiger partial charge on any atom is 0.147 e. The maximum atomic E-state index is 5.88. The molecule has 0 aromatic carbocycles. The first-order valence-electron chi connectivity index (χ1n) is 7.39. The Bertz CT molecular complexity index is 653. The van der Waals surface area contributed by atoms with E-state index in [1.54, 1.807) is 12.3 Å². The van der Waals surface area contributed by atoms with E-state index in [4.69, 9.17) is 34.7 Å². The Morgan fingerprint density at radius 2 is 1.74 bits per heavy atom. The van der Waals surface area contributed by atoms with Crippen LogP contribution >= 0.6 is 23.2 Å². The van der Waals surface area contributed by atoms with Crippen molar-refractivity contribution in [3.63, 3.8) is 0 Å². The summed E-state index contributed by atoms with van der Waals surface area (Å²) in [5, 5.41) is 0.656. The second-order valence-electron chi connectivity index (χ2n) is 5.59. The summed E-state index contributed by atoms with van der Waals surface area (Å²) in [6, 6.07) is 1.70. The van der Waals surface area contributed by atoms with Crippen LogP contribution in [0.15, 0.2) is 18.5 Å². The van der Waals surface area contributed by atoms with E-state index < -0.39 is 0 Å². The van der Waals surface area contributed by atoms with E-state index in [1.807, 2.05) is 6.92 Å². The molecule has 0 amide bonds. The first-order valence-corrected chi connectivity index (χ1v) is 8.15. The van der Waals surface area contributed by atoms with Gasteiger partial charge in [-0.3, -0.25) is 4.98 Å². The molecule has 0 saturated heterocycles. The van der Waals surface area contributed by atoms with Gasteiger partial charge in [0.05, 0.1) is 22.6 Å². The monoisotopic (exact) mass is 355 g/mol. The summed E-state index contributed by atoms with van der Waals surface area (Å²) in [7, 11) is 0. The van der Waals surface area contributed by atoms with Crippen molar-refractivity contribution in [2.75, 3.05) is 5.73 Å². The highest BCUT2D eigenvalue weighted by molar-refractivity contribution is 6.41. The third kappa shape index (κ3) is 5.94. The van der Waals surface area contributed by atoms with E-state index in [0.717, 1.165) is 24.1 Å². The summed E-state index contributed by atoms with van der Waals surface area (Å²) in [6.45, 7) is 8.13. The van der Waals surface area contributed by atoms with Crippen molar-refractivity contribution in [3.05, 3.63) is 34.3 Å². The zero-order chi connectivity index (χ0) is 17.6. The van der Waals surface area contributed by atoms with Crippen molar-refractivity contribution in [1.29, 1.82) is 0 Å². The van der Waals surface area contributed by atoms with Gasteiger partial charge in [-0.2, -0.15) is 0 Å². The van der Waals surface area contributed by atoms with Crippen molar-refractivity contribution < 1.29 is 0 Å². The Balaban J connectivity index is 0.000000322. The standard InChI is InChI=1S/C10H8Cl2N4.C6H15N/c1-5-9(14-4-8(13)16-5)6-2-7(11)10(12)15-3-6;1-4-6(3,7)5-2/h2-4H,1H3,(H2,13,16);4-5,7H2,1-3H3. The number of hydrogen-bond donors (Lipinski definition) is 2. The molecule has 126 valence electrons. The number of rotatable bonds is 3. The lowest BCUT2D eigenvalue weighted by Gasteiger charge is -2.18. The molecule has 0 saturated carbocycles. The predicted molar refractivity (Wildman–Crippen MR) is 97.6 cm³/mol. The minimum atomic E-state index is 0.0833. The van der Waals surface area contributed by atoms with Gasteiger partial charge in [-0.15, -0.1) is 0 Å². The highest BCUT2D eigenvalue weighted by Gasteiger charge is 2.10. The number of aryl methyl sites for hydroxylation is 1. The Kier molecular flexibility index (Phi) is 7.19. The fourth-order valence-electron chi connectivity index (χ4n) is 1.58. The molecule has 2 rings (SSSR count). The van der Waals surface area contributed by atoms with Crippen molar-refractivity contribution in [2.45, 2.75) is 46.1 Å². The molecular formula is C16H23Cl2N5. The van der Waals surface area contributed by atoms with E-state index in [-0.39, 0.29) is 10.7 Å². The van der Waals surface area contributed by atoms with Gasteiger partial charge in [-0.25, -0.2) is 9.97 Å². The minimum absolute atomic E-state index is 0.0833. The zero-order valence-electron chi connectivity index (χ0n) is 13.9. The van der Waals surface area contributed by atoms with Crippen LogP contribution in [0.2, 0.25) is 10.2 Å². The number of nitrogens with zero attached hydrogens (tertiary/aromatic N) is 3. The molecule has 2 aromatic rings. The molecule has 4 N–H and O–H groups in total. The topological polar surface area (TPSA) is 90.7 Å². The molecule has 0 spiro atoms. The molecule has 0 aliphatic heterocycles. The smallest absolute Gasteiger partial charge is 0.147 e. The first kappa shape index (κ1) is 19.6. The maximum absolute atomic E-state index is 5.88. The molecule has 0 atom stereocenters. The van der Waals surface area contributed by atoms with Gasteiger partial charge in [0.25, 0.3) is 0 Å². The molecule has 0 fully saturated rings. The number of aromatic nitrogens is 3. The fraction of sp³-hybridized carbons (Fsp3) is 0.438. The number of anilines is 1. The molecule has 0 aliphatic rings. The van der Waals surface area contributed by atoms with Crippen LogP contribution in [0.4, 0.5) is 5.82 Å². The van der Waals surface area contributed by atoms with Gasteiger partial charge in [0, 0.05) is 17.3 Å². The summed E-state index contributed by atoms with van der Waals surface area (Å²) in [6.07, 6.45) is 5.24. The second kappa shape index (κ2) is 8.43. The molecule has 0 radical (unpaired) electrons. The van der Waals surface area contributed by atoms with Crippen LogP contribution in [-0.2, 0) is 0 Å². The van der Waals surface area contributed by atoms with Gasteiger partial charge in [-0.1, -0.05) is 37.0 Å². The first-order chi connectivity index (χ1) is 10.7. The lowest BCUT2D eigenvalue weighted by atomic mass is 9.98. The van der Waals surface area contributed by atoms with Crippen LogP contribution < -0.4 is 11.5 Å². The summed E-state index contributed by atoms with van der Waals surface area (Å²) < 4.78 is 0. The van der Waals surface area contributed by atoms with Gasteiger partial charge in [0.2, 0.25) is 0 Å². The number of hydrogen-bond acceptors (Lipinski definition) is 5. The molecule has 5 nitrogen and oxygen atoms in total. The third-order valence-electron chi connectivity index (χ3n) is 3.65. The number of nitrogen functional groups attached to an aromatic ring is 1. The minimum Gasteiger partial charge on any atom is -0.382 e. The van der Waals surface area contributed by atoms with Crippen molar-refractivity contribution in [2.24, 2.45) is 5.73 Å². The molecule has 23 heavy (non-hydrogen) atoms. The number of halogens is 2. The predicted octanol–water partition coefficient (Wildman–Crippen LogP) is 4.26. The van der Waals surface area contributed by atoms with Gasteiger partial charge in [-0.05, 0) is 32.8 Å². The van der Waals surface area contributed by atoms with Gasteiger partial charge < -0.3 is 11.5 Å². The molecule has 2 aromatic heterocycles. The third-order valence-corrected chi connectivity index (χ3v) is 4.34. The quantitative estimate of drug-likeness (QED) is 0.802. The van der Waals surface area contributed by atoms with Gasteiger partial charge in [0.1, 0.15) is 11.0 Å². The highest BCUT2D eigenvalue weighted by Crippen LogP contribution is 2.26. The largest absolute Gasteiger partial charge is 0.382 e. The number of nitrogens with two attached hydrogens (primary N) is 2. The summed E-state index contributed by atoms with van der Waals surface area (Å²) in [5.74, 6) is 0.384. The normalized spacial score (nSPS) is 10.9. The van der Waals surface area contributed by atoms with E-state index in [1.165, 1.54) is 6.20 Å². The molecular weight excluding hydrogens is 333 g/mol.